The lowest BCUT2D eigenvalue weighted by molar-refractivity contribution is 0.191. The quantitative estimate of drug-likeness (QED) is 0.263. The van der Waals surface area contributed by atoms with Gasteiger partial charge >= 0.3 is 0 Å². The minimum atomic E-state index is 0.0223. The third kappa shape index (κ3) is 4.14. The molecule has 100 valence electrons. The molecule has 1 fully saturated rings. The molecule has 0 aromatic heterocycles. The van der Waals surface area contributed by atoms with Crippen LogP contribution < -0.4 is 5.73 Å². The highest BCUT2D eigenvalue weighted by Crippen LogP contribution is 2.10. The molecule has 1 atom stereocenters. The smallest absolute Gasteiger partial charge is 0.156 e. The van der Waals surface area contributed by atoms with Crippen LogP contribution in [0.5, 0.6) is 0 Å². The van der Waals surface area contributed by atoms with Crippen LogP contribution in [0.2, 0.25) is 0 Å². The Morgan fingerprint density at radius 1 is 1.35 bits per heavy atom. The molecule has 0 spiro atoms. The van der Waals surface area contributed by atoms with Crippen molar-refractivity contribution in [3.05, 3.63) is 0 Å². The highest BCUT2D eigenvalue weighted by molar-refractivity contribution is 5.85. The predicted octanol–water partition coefficient (Wildman–Crippen LogP) is -0.489. The summed E-state index contributed by atoms with van der Waals surface area (Å²) < 4.78 is 0. The van der Waals surface area contributed by atoms with E-state index in [9.17, 15) is 0 Å². The molecule has 0 aromatic rings. The summed E-state index contributed by atoms with van der Waals surface area (Å²) in [4.78, 5) is 4.51. The zero-order valence-corrected chi connectivity index (χ0v) is 10.5. The first-order valence-corrected chi connectivity index (χ1v) is 6.27. The van der Waals surface area contributed by atoms with Crippen LogP contribution >= 0.6 is 0 Å². The largest absolute Gasteiger partial charge is 0.409 e. The van der Waals surface area contributed by atoms with Gasteiger partial charge in [0.2, 0.25) is 0 Å². The van der Waals surface area contributed by atoms with Crippen molar-refractivity contribution < 1.29 is 10.3 Å². The van der Waals surface area contributed by atoms with E-state index in [1.165, 1.54) is 0 Å². The number of hydrogen-bond donors (Lipinski definition) is 3. The van der Waals surface area contributed by atoms with Crippen molar-refractivity contribution >= 4 is 5.84 Å². The number of rotatable bonds is 5. The van der Waals surface area contributed by atoms with Crippen molar-refractivity contribution in [2.24, 2.45) is 10.9 Å². The number of β-amino-alcohol motifs (C(OH)–C–C–N with tert-alkyl or cyclic N) is 1. The van der Waals surface area contributed by atoms with Gasteiger partial charge in [-0.3, -0.25) is 9.80 Å². The molecule has 0 saturated carbocycles. The molecule has 1 heterocycles. The van der Waals surface area contributed by atoms with Crippen LogP contribution in [0, 0.1) is 0 Å². The van der Waals surface area contributed by atoms with E-state index in [1.807, 2.05) is 6.92 Å². The summed E-state index contributed by atoms with van der Waals surface area (Å²) in [5.74, 6) is 0.295. The van der Waals surface area contributed by atoms with Crippen molar-refractivity contribution in [1.82, 2.24) is 9.80 Å². The lowest BCUT2D eigenvalue weighted by Crippen LogP contribution is -2.46. The first kappa shape index (κ1) is 14.2. The summed E-state index contributed by atoms with van der Waals surface area (Å²) in [7, 11) is 0. The van der Waals surface area contributed by atoms with Crippen molar-refractivity contribution in [3.8, 4) is 0 Å². The number of aliphatic hydroxyl groups is 1. The molecule has 6 heteroatoms. The highest BCUT2D eigenvalue weighted by Gasteiger charge is 2.23. The van der Waals surface area contributed by atoms with E-state index in [2.05, 4.69) is 15.0 Å². The standard InChI is InChI=1S/C11H24N4O2/c1-2-10(11(12)13-17)15-5-3-4-14(6-7-15)8-9-16/h10,16-17H,2-9H2,1H3,(H2,12,13). The molecule has 0 radical (unpaired) electrons. The fraction of sp³-hybridized carbons (Fsp3) is 0.909. The second-order valence-corrected chi connectivity index (χ2v) is 4.40. The van der Waals surface area contributed by atoms with Gasteiger partial charge in [0, 0.05) is 26.2 Å². The maximum Gasteiger partial charge on any atom is 0.156 e. The molecule has 0 aromatic carbocycles. The minimum absolute atomic E-state index is 0.0223. The minimum Gasteiger partial charge on any atom is -0.409 e. The van der Waals surface area contributed by atoms with Gasteiger partial charge in [-0.15, -0.1) is 0 Å². The van der Waals surface area contributed by atoms with Gasteiger partial charge in [0.05, 0.1) is 12.6 Å². The fourth-order valence-electron chi connectivity index (χ4n) is 2.39. The SMILES string of the molecule is CCC(C(N)=NO)N1CCCN(CCO)CC1. The van der Waals surface area contributed by atoms with Crippen LogP contribution in [0.3, 0.4) is 0 Å². The van der Waals surface area contributed by atoms with Crippen LogP contribution in [-0.4, -0.2) is 71.3 Å². The van der Waals surface area contributed by atoms with Crippen molar-refractivity contribution in [2.75, 3.05) is 39.3 Å². The number of aliphatic hydroxyl groups excluding tert-OH is 1. The Labute approximate surface area is 103 Å². The molecule has 0 aliphatic carbocycles. The molecule has 0 bridgehead atoms. The summed E-state index contributed by atoms with van der Waals surface area (Å²) in [5, 5.41) is 20.8. The maximum absolute atomic E-state index is 8.93. The lowest BCUT2D eigenvalue weighted by Gasteiger charge is -2.28. The lowest BCUT2D eigenvalue weighted by atomic mass is 10.1. The fourth-order valence-corrected chi connectivity index (χ4v) is 2.39. The van der Waals surface area contributed by atoms with Gasteiger partial charge in [0.25, 0.3) is 0 Å². The Morgan fingerprint density at radius 3 is 2.71 bits per heavy atom. The number of nitrogens with two attached hydrogens (primary N) is 1. The predicted molar refractivity (Wildman–Crippen MR) is 67.2 cm³/mol. The molecular formula is C11H24N4O2. The first-order chi connectivity index (χ1) is 8.22. The summed E-state index contributed by atoms with van der Waals surface area (Å²) >= 11 is 0. The van der Waals surface area contributed by atoms with E-state index >= 15 is 0 Å². The number of hydrogen-bond acceptors (Lipinski definition) is 5. The zero-order valence-electron chi connectivity index (χ0n) is 10.5. The number of oxime groups is 1. The Morgan fingerprint density at radius 2 is 2.12 bits per heavy atom. The van der Waals surface area contributed by atoms with E-state index in [0.717, 1.165) is 45.6 Å². The second-order valence-electron chi connectivity index (χ2n) is 4.40. The van der Waals surface area contributed by atoms with E-state index in [1.54, 1.807) is 0 Å². The van der Waals surface area contributed by atoms with Gasteiger partial charge in [-0.25, -0.2) is 0 Å². The van der Waals surface area contributed by atoms with Gasteiger partial charge in [-0.1, -0.05) is 12.1 Å². The van der Waals surface area contributed by atoms with Gasteiger partial charge in [-0.05, 0) is 19.4 Å². The monoisotopic (exact) mass is 244 g/mol. The van der Waals surface area contributed by atoms with Crippen molar-refractivity contribution in [2.45, 2.75) is 25.8 Å². The van der Waals surface area contributed by atoms with E-state index in [-0.39, 0.29) is 12.6 Å². The Balaban J connectivity index is 2.54. The van der Waals surface area contributed by atoms with Crippen LogP contribution in [0.25, 0.3) is 0 Å². The molecule has 0 amide bonds. The van der Waals surface area contributed by atoms with Crippen LogP contribution in [0.1, 0.15) is 19.8 Å². The zero-order chi connectivity index (χ0) is 12.7. The number of amidine groups is 1. The molecule has 6 nitrogen and oxygen atoms in total. The Hall–Kier alpha value is -0.850. The molecule has 1 rings (SSSR count). The summed E-state index contributed by atoms with van der Waals surface area (Å²) in [5.41, 5.74) is 5.71. The van der Waals surface area contributed by atoms with E-state index in [4.69, 9.17) is 16.0 Å². The normalized spacial score (nSPS) is 22.4. The third-order valence-electron chi connectivity index (χ3n) is 3.32. The van der Waals surface area contributed by atoms with E-state index in [0.29, 0.717) is 5.84 Å². The molecule has 17 heavy (non-hydrogen) atoms. The molecule has 4 N–H and O–H groups in total. The summed E-state index contributed by atoms with van der Waals surface area (Å²) in [6.07, 6.45) is 1.89. The van der Waals surface area contributed by atoms with Crippen LogP contribution in [-0.2, 0) is 0 Å². The number of nitrogens with zero attached hydrogens (tertiary/aromatic N) is 3. The van der Waals surface area contributed by atoms with Crippen molar-refractivity contribution in [1.29, 1.82) is 0 Å². The molecule has 1 aliphatic rings. The molecule has 1 unspecified atom stereocenters. The third-order valence-corrected chi connectivity index (χ3v) is 3.32. The first-order valence-electron chi connectivity index (χ1n) is 6.27. The van der Waals surface area contributed by atoms with E-state index < -0.39 is 0 Å². The Bertz CT molecular complexity index is 248. The molecule has 1 aliphatic heterocycles. The van der Waals surface area contributed by atoms with Gasteiger partial charge in [-0.2, -0.15) is 0 Å². The van der Waals surface area contributed by atoms with Gasteiger partial charge < -0.3 is 16.0 Å². The summed E-state index contributed by atoms with van der Waals surface area (Å²) in [6.45, 7) is 6.76. The van der Waals surface area contributed by atoms with Crippen LogP contribution in [0.4, 0.5) is 0 Å². The maximum atomic E-state index is 8.93. The summed E-state index contributed by atoms with van der Waals surface area (Å²) in [6, 6.07) is 0.0223. The topological polar surface area (TPSA) is 85.3 Å². The highest BCUT2D eigenvalue weighted by atomic mass is 16.4. The van der Waals surface area contributed by atoms with Gasteiger partial charge in [0.15, 0.2) is 5.84 Å². The Kier molecular flexibility index (Phi) is 6.25. The van der Waals surface area contributed by atoms with Crippen LogP contribution in [0.15, 0.2) is 5.16 Å². The van der Waals surface area contributed by atoms with Gasteiger partial charge in [0.1, 0.15) is 0 Å². The molecular weight excluding hydrogens is 220 g/mol. The van der Waals surface area contributed by atoms with Crippen molar-refractivity contribution in [3.63, 3.8) is 0 Å². The average molecular weight is 244 g/mol. The molecule has 1 saturated heterocycles. The average Bonchev–Trinajstić information content (AvgIpc) is 2.56. The second kappa shape index (κ2) is 7.47.